The van der Waals surface area contributed by atoms with Crippen LogP contribution >= 0.6 is 22.9 Å². The lowest BCUT2D eigenvalue weighted by Crippen LogP contribution is -2.51. The normalized spacial score (nSPS) is 16.1. The number of piperidine rings is 1. The van der Waals surface area contributed by atoms with E-state index in [9.17, 15) is 13.6 Å². The molecule has 5 N–H and O–H groups in total. The molecule has 178 valence electrons. The van der Waals surface area contributed by atoms with Gasteiger partial charge in [0.25, 0.3) is 5.91 Å². The van der Waals surface area contributed by atoms with E-state index >= 15 is 0 Å². The number of aryl methyl sites for hydroxylation is 1. The van der Waals surface area contributed by atoms with Crippen LogP contribution in [0.4, 0.5) is 14.7 Å². The molecule has 1 amide bonds. The van der Waals surface area contributed by atoms with Gasteiger partial charge >= 0.3 is 0 Å². The number of nitrogens with zero attached hydrogens (tertiary/aromatic N) is 4. The number of halogens is 3. The Labute approximate surface area is 202 Å². The lowest BCUT2D eigenvalue weighted by Gasteiger charge is -2.39. The molecule has 1 aliphatic heterocycles. The molecule has 0 atom stereocenters. The molecular weight excluding hydrogens is 484 g/mol. The molecule has 0 saturated carbocycles. The van der Waals surface area contributed by atoms with Gasteiger partial charge in [0.1, 0.15) is 11.3 Å². The van der Waals surface area contributed by atoms with Crippen molar-refractivity contribution in [2.75, 3.05) is 18.0 Å². The number of nitrogens with one attached hydrogen (secondary N) is 1. The van der Waals surface area contributed by atoms with Crippen molar-refractivity contribution >= 4 is 56.0 Å². The molecule has 0 radical (unpaired) electrons. The van der Waals surface area contributed by atoms with Crippen molar-refractivity contribution in [3.8, 4) is 11.1 Å². The second-order valence-electron chi connectivity index (χ2n) is 8.62. The Balaban J connectivity index is 1.55. The molecule has 4 heterocycles. The van der Waals surface area contributed by atoms with Crippen molar-refractivity contribution in [3.63, 3.8) is 0 Å². The Morgan fingerprint density at radius 1 is 1.26 bits per heavy atom. The number of carbonyl (C=O) groups is 1. The summed E-state index contributed by atoms with van der Waals surface area (Å²) in [4.78, 5) is 30.9. The first-order valence-corrected chi connectivity index (χ1v) is 11.9. The molecule has 0 bridgehead atoms. The van der Waals surface area contributed by atoms with Crippen molar-refractivity contribution in [2.24, 2.45) is 11.5 Å². The number of carbonyl (C=O) groups excluding carboxylic acids is 1. The minimum absolute atomic E-state index is 0.0602. The second kappa shape index (κ2) is 8.40. The SMILES string of the molecule is Cc1nc2ccc(-c3c[nH]c4nc(N5CCC(N)(CC(F)F)CC5)nc(C(N)=O)c34)c(Cl)c2s1. The molecule has 8 nitrogen and oxygen atoms in total. The van der Waals surface area contributed by atoms with Crippen molar-refractivity contribution in [1.29, 1.82) is 0 Å². The van der Waals surface area contributed by atoms with E-state index in [0.29, 0.717) is 59.1 Å². The average Bonchev–Trinajstić information content (AvgIpc) is 3.36. The third-order valence-corrected chi connectivity index (χ3v) is 7.76. The average molecular weight is 506 g/mol. The molecule has 0 aliphatic carbocycles. The third kappa shape index (κ3) is 3.97. The molecule has 0 unspecified atom stereocenters. The molecule has 1 saturated heterocycles. The van der Waals surface area contributed by atoms with Gasteiger partial charge in [-0.1, -0.05) is 17.7 Å². The number of aromatic amines is 1. The van der Waals surface area contributed by atoms with Gasteiger partial charge in [-0.25, -0.2) is 18.7 Å². The van der Waals surface area contributed by atoms with E-state index in [0.717, 1.165) is 15.2 Å². The lowest BCUT2D eigenvalue weighted by atomic mass is 9.86. The first kappa shape index (κ1) is 22.9. The van der Waals surface area contributed by atoms with Gasteiger partial charge in [0, 0.05) is 42.4 Å². The summed E-state index contributed by atoms with van der Waals surface area (Å²) < 4.78 is 26.6. The van der Waals surface area contributed by atoms with Gasteiger partial charge in [0.15, 0.2) is 0 Å². The number of alkyl halides is 2. The van der Waals surface area contributed by atoms with E-state index in [-0.39, 0.29) is 12.1 Å². The van der Waals surface area contributed by atoms with E-state index in [4.69, 9.17) is 23.1 Å². The van der Waals surface area contributed by atoms with E-state index in [1.165, 1.54) is 11.3 Å². The number of H-pyrrole nitrogens is 1. The van der Waals surface area contributed by atoms with Gasteiger partial charge in [0.2, 0.25) is 12.4 Å². The molecule has 12 heteroatoms. The summed E-state index contributed by atoms with van der Waals surface area (Å²) in [6.07, 6.45) is -0.352. The highest BCUT2D eigenvalue weighted by Crippen LogP contribution is 2.40. The zero-order valence-corrected chi connectivity index (χ0v) is 19.8. The summed E-state index contributed by atoms with van der Waals surface area (Å²) in [5, 5.41) is 1.90. The Kier molecular flexibility index (Phi) is 5.65. The quantitative estimate of drug-likeness (QED) is 0.372. The van der Waals surface area contributed by atoms with Crippen LogP contribution in [-0.2, 0) is 0 Å². The van der Waals surface area contributed by atoms with Gasteiger partial charge in [-0.15, -0.1) is 11.3 Å². The van der Waals surface area contributed by atoms with Crippen LogP contribution in [0.3, 0.4) is 0 Å². The van der Waals surface area contributed by atoms with Gasteiger partial charge in [-0.3, -0.25) is 4.79 Å². The van der Waals surface area contributed by atoms with E-state index in [2.05, 4.69) is 19.9 Å². The highest BCUT2D eigenvalue weighted by atomic mass is 35.5. The van der Waals surface area contributed by atoms with Gasteiger partial charge in [0.05, 0.1) is 25.6 Å². The summed E-state index contributed by atoms with van der Waals surface area (Å²) in [6.45, 7) is 2.71. The smallest absolute Gasteiger partial charge is 0.268 e. The number of hydrogen-bond donors (Lipinski definition) is 3. The molecule has 3 aromatic heterocycles. The van der Waals surface area contributed by atoms with Gasteiger partial charge in [-0.05, 0) is 25.8 Å². The van der Waals surface area contributed by atoms with Crippen LogP contribution in [0, 0.1) is 6.92 Å². The Morgan fingerprint density at radius 3 is 2.68 bits per heavy atom. The topological polar surface area (TPSA) is 127 Å². The Bertz CT molecular complexity index is 1410. The van der Waals surface area contributed by atoms with Crippen LogP contribution in [-0.4, -0.2) is 50.9 Å². The van der Waals surface area contributed by atoms with Crippen LogP contribution in [0.25, 0.3) is 32.4 Å². The largest absolute Gasteiger partial charge is 0.364 e. The molecule has 4 aromatic rings. The van der Waals surface area contributed by atoms with Crippen LogP contribution in [0.5, 0.6) is 0 Å². The standard InChI is InChI=1S/C22H22ClF2N7OS/c1-10-29-13-3-2-11(16(23)18(13)34-10)12-9-28-20-15(12)17(19(26)33)30-21(31-20)32-6-4-22(27,5-7-32)8-14(24)25/h2-3,9,14H,4-8,27H2,1H3,(H2,26,33)(H,28,30,31). The summed E-state index contributed by atoms with van der Waals surface area (Å²) in [5.41, 5.74) is 13.6. The number of hydrogen-bond acceptors (Lipinski definition) is 7. The van der Waals surface area contributed by atoms with Crippen molar-refractivity contribution in [2.45, 2.75) is 38.2 Å². The number of primary amides is 1. The predicted molar refractivity (Wildman–Crippen MR) is 130 cm³/mol. The monoisotopic (exact) mass is 505 g/mol. The van der Waals surface area contributed by atoms with Gasteiger partial charge < -0.3 is 21.4 Å². The first-order valence-electron chi connectivity index (χ1n) is 10.7. The highest BCUT2D eigenvalue weighted by Gasteiger charge is 2.34. The second-order valence-corrected chi connectivity index (χ2v) is 10.2. The lowest BCUT2D eigenvalue weighted by molar-refractivity contribution is 0.0950. The van der Waals surface area contributed by atoms with Crippen molar-refractivity contribution in [1.82, 2.24) is 19.9 Å². The maximum absolute atomic E-state index is 12.9. The molecule has 0 spiro atoms. The van der Waals surface area contributed by atoms with E-state index in [1.807, 2.05) is 24.0 Å². The van der Waals surface area contributed by atoms with Crippen LogP contribution in [0.2, 0.25) is 5.02 Å². The number of amides is 1. The van der Waals surface area contributed by atoms with Crippen LogP contribution in [0.15, 0.2) is 18.3 Å². The predicted octanol–water partition coefficient (Wildman–Crippen LogP) is 4.25. The highest BCUT2D eigenvalue weighted by molar-refractivity contribution is 7.19. The summed E-state index contributed by atoms with van der Waals surface area (Å²) in [7, 11) is 0. The number of fused-ring (bicyclic) bond motifs is 2. The van der Waals surface area contributed by atoms with Crippen molar-refractivity contribution < 1.29 is 13.6 Å². The number of thiazole rings is 1. The number of benzene rings is 1. The Hall–Kier alpha value is -2.89. The zero-order chi connectivity index (χ0) is 24.2. The van der Waals surface area contributed by atoms with Gasteiger partial charge in [-0.2, -0.15) is 4.98 Å². The fraction of sp³-hybridized carbons (Fsp3) is 0.364. The van der Waals surface area contributed by atoms with E-state index < -0.39 is 17.9 Å². The minimum Gasteiger partial charge on any atom is -0.364 e. The number of aromatic nitrogens is 4. The Morgan fingerprint density at radius 2 is 2.00 bits per heavy atom. The maximum Gasteiger partial charge on any atom is 0.268 e. The summed E-state index contributed by atoms with van der Waals surface area (Å²) >= 11 is 8.21. The van der Waals surface area contributed by atoms with Crippen LogP contribution < -0.4 is 16.4 Å². The molecular formula is C22H22ClF2N7OS. The fourth-order valence-electron chi connectivity index (χ4n) is 4.50. The third-order valence-electron chi connectivity index (χ3n) is 6.25. The summed E-state index contributed by atoms with van der Waals surface area (Å²) in [6, 6.07) is 3.73. The number of nitrogens with two attached hydrogens (primary N) is 2. The zero-order valence-electron chi connectivity index (χ0n) is 18.2. The molecule has 5 rings (SSSR count). The van der Waals surface area contributed by atoms with Crippen LogP contribution in [0.1, 0.15) is 34.8 Å². The fourth-order valence-corrected chi connectivity index (χ4v) is 5.73. The molecule has 34 heavy (non-hydrogen) atoms. The number of anilines is 1. The molecule has 1 aliphatic rings. The molecule has 1 fully saturated rings. The molecule has 1 aromatic carbocycles. The number of rotatable bonds is 5. The first-order chi connectivity index (χ1) is 16.1. The van der Waals surface area contributed by atoms with E-state index in [1.54, 1.807) is 6.20 Å². The minimum atomic E-state index is -2.46. The maximum atomic E-state index is 12.9. The van der Waals surface area contributed by atoms with Crippen molar-refractivity contribution in [3.05, 3.63) is 34.1 Å². The summed E-state index contributed by atoms with van der Waals surface area (Å²) in [5.74, 6) is -0.406.